The Labute approximate surface area is 231 Å². The first-order chi connectivity index (χ1) is 19.1. The van der Waals surface area contributed by atoms with Gasteiger partial charge in [0.1, 0.15) is 16.4 Å². The van der Waals surface area contributed by atoms with E-state index in [0.717, 1.165) is 25.0 Å². The van der Waals surface area contributed by atoms with E-state index in [4.69, 9.17) is 14.2 Å². The van der Waals surface area contributed by atoms with E-state index in [9.17, 15) is 23.3 Å². The molecule has 0 bridgehead atoms. The van der Waals surface area contributed by atoms with Crippen molar-refractivity contribution in [2.75, 3.05) is 26.8 Å². The van der Waals surface area contributed by atoms with E-state index in [1.54, 1.807) is 38.1 Å². The number of methoxy groups -OCH3 is 1. The molecule has 2 heterocycles. The molecular weight excluding hydrogens is 542 g/mol. The number of nitrogens with zero attached hydrogens (tertiary/aromatic N) is 3. The van der Waals surface area contributed by atoms with Gasteiger partial charge >= 0.3 is 0 Å². The first kappa shape index (κ1) is 29.0. The number of carbonyl (C=O) groups is 1. The Hall–Kier alpha value is -4.01. The van der Waals surface area contributed by atoms with Crippen LogP contribution in [0.1, 0.15) is 42.2 Å². The van der Waals surface area contributed by atoms with Crippen LogP contribution >= 0.6 is 0 Å². The molecule has 1 aliphatic rings. The van der Waals surface area contributed by atoms with Crippen molar-refractivity contribution < 1.29 is 32.3 Å². The van der Waals surface area contributed by atoms with Crippen molar-refractivity contribution in [1.29, 1.82) is 0 Å². The number of nitro benzene ring substituents is 1. The van der Waals surface area contributed by atoms with Gasteiger partial charge in [-0.25, -0.2) is 13.1 Å². The van der Waals surface area contributed by atoms with Crippen LogP contribution in [0.2, 0.25) is 0 Å². The number of hydrogen-bond donors (Lipinski definition) is 2. The minimum Gasteiger partial charge on any atom is -0.497 e. The molecule has 1 fully saturated rings. The van der Waals surface area contributed by atoms with Crippen molar-refractivity contribution >= 4 is 21.6 Å². The summed E-state index contributed by atoms with van der Waals surface area (Å²) in [6.07, 6.45) is 2.21. The molecule has 0 spiro atoms. The fraction of sp³-hybridized carbons (Fsp3) is 0.385. The first-order valence-electron chi connectivity index (χ1n) is 12.7. The van der Waals surface area contributed by atoms with E-state index < -0.39 is 31.4 Å². The van der Waals surface area contributed by atoms with E-state index in [1.165, 1.54) is 17.9 Å². The Balaban J connectivity index is 1.78. The number of nitrogens with one attached hydrogen (secondary N) is 2. The molecule has 40 heavy (non-hydrogen) atoms. The van der Waals surface area contributed by atoms with Crippen LogP contribution in [0.15, 0.2) is 47.4 Å². The zero-order valence-electron chi connectivity index (χ0n) is 22.4. The number of hydrogen-bond acceptors (Lipinski definition) is 9. The average molecular weight is 574 g/mol. The van der Waals surface area contributed by atoms with Gasteiger partial charge in [-0.05, 0) is 56.5 Å². The number of aromatic nitrogens is 2. The number of carbonyl (C=O) groups excluding carboxylic acids is 1. The zero-order chi connectivity index (χ0) is 28.9. The predicted octanol–water partition coefficient (Wildman–Crippen LogP) is 3.49. The van der Waals surface area contributed by atoms with Crippen molar-refractivity contribution in [3.8, 4) is 23.1 Å². The van der Waals surface area contributed by atoms with Gasteiger partial charge in [0.15, 0.2) is 5.69 Å². The predicted molar refractivity (Wildman–Crippen MR) is 145 cm³/mol. The molecule has 1 amide bonds. The van der Waals surface area contributed by atoms with Crippen LogP contribution in [0.25, 0.3) is 5.69 Å². The number of rotatable bonds is 12. The molecule has 0 saturated carbocycles. The number of ether oxygens (including phenoxy) is 3. The highest BCUT2D eigenvalue weighted by atomic mass is 32.2. The van der Waals surface area contributed by atoms with Crippen LogP contribution in [0.3, 0.4) is 0 Å². The lowest BCUT2D eigenvalue weighted by Gasteiger charge is -2.14. The Bertz CT molecular complexity index is 1480. The number of sulfonamides is 1. The van der Waals surface area contributed by atoms with Crippen molar-refractivity contribution in [2.24, 2.45) is 0 Å². The molecule has 13 nitrogen and oxygen atoms in total. The Morgan fingerprint density at radius 1 is 1.25 bits per heavy atom. The quantitative estimate of drug-likeness (QED) is 0.244. The third kappa shape index (κ3) is 6.41. The molecule has 14 heteroatoms. The minimum absolute atomic E-state index is 0.0632. The monoisotopic (exact) mass is 573 g/mol. The zero-order valence-corrected chi connectivity index (χ0v) is 23.2. The van der Waals surface area contributed by atoms with Gasteiger partial charge in [0.25, 0.3) is 11.6 Å². The van der Waals surface area contributed by atoms with Crippen LogP contribution in [0.4, 0.5) is 5.69 Å². The fourth-order valence-electron chi connectivity index (χ4n) is 4.13. The molecule has 2 N–H and O–H groups in total. The van der Waals surface area contributed by atoms with Gasteiger partial charge in [-0.2, -0.15) is 9.78 Å². The molecule has 0 radical (unpaired) electrons. The van der Waals surface area contributed by atoms with Crippen molar-refractivity contribution in [3.63, 3.8) is 0 Å². The standard InChI is InChI=1S/C26H31N5O8S/c1-4-13-28-40(35,36)23-15-19(31(33)34)9-12-22(23)39-26-17(2)24(25(32)27-16-21-6-5-14-38-21)29-30(26)18-7-10-20(37-3)11-8-18/h7-12,15,21,28H,4-6,13-14,16H2,1-3H3,(H,27,32). The number of benzene rings is 2. The fourth-order valence-corrected chi connectivity index (χ4v) is 5.41. The van der Waals surface area contributed by atoms with Crippen LogP contribution in [-0.2, 0) is 14.8 Å². The largest absolute Gasteiger partial charge is 0.497 e. The van der Waals surface area contributed by atoms with Crippen molar-refractivity contribution in [1.82, 2.24) is 19.8 Å². The molecule has 214 valence electrons. The summed E-state index contributed by atoms with van der Waals surface area (Å²) in [5.74, 6) is 0.0353. The molecule has 1 saturated heterocycles. The highest BCUT2D eigenvalue weighted by molar-refractivity contribution is 7.89. The third-order valence-electron chi connectivity index (χ3n) is 6.29. The smallest absolute Gasteiger partial charge is 0.272 e. The lowest BCUT2D eigenvalue weighted by atomic mass is 10.2. The van der Waals surface area contributed by atoms with Gasteiger partial charge in [-0.15, -0.1) is 0 Å². The summed E-state index contributed by atoms with van der Waals surface area (Å²) in [6, 6.07) is 10.1. The summed E-state index contributed by atoms with van der Waals surface area (Å²) >= 11 is 0. The van der Waals surface area contributed by atoms with Crippen LogP contribution in [0.5, 0.6) is 17.4 Å². The SMILES string of the molecule is CCCNS(=O)(=O)c1cc([N+](=O)[O-])ccc1Oc1c(C)c(C(=O)NCC2CCCO2)nn1-c1ccc(OC)cc1. The van der Waals surface area contributed by atoms with Crippen LogP contribution in [-0.4, -0.2) is 61.9 Å². The van der Waals surface area contributed by atoms with Gasteiger partial charge in [-0.3, -0.25) is 14.9 Å². The normalized spacial score (nSPS) is 15.1. The highest BCUT2D eigenvalue weighted by Gasteiger charge is 2.28. The van der Waals surface area contributed by atoms with Gasteiger partial charge in [-0.1, -0.05) is 6.92 Å². The van der Waals surface area contributed by atoms with E-state index in [0.29, 0.717) is 36.6 Å². The molecule has 3 aromatic rings. The summed E-state index contributed by atoms with van der Waals surface area (Å²) in [7, 11) is -2.65. The van der Waals surface area contributed by atoms with Gasteiger partial charge in [0.2, 0.25) is 15.9 Å². The second kappa shape index (κ2) is 12.4. The lowest BCUT2D eigenvalue weighted by Crippen LogP contribution is -2.32. The molecule has 0 aliphatic carbocycles. The van der Waals surface area contributed by atoms with Crippen LogP contribution in [0, 0.1) is 17.0 Å². The summed E-state index contributed by atoms with van der Waals surface area (Å²) < 4.78 is 46.9. The maximum absolute atomic E-state index is 13.1. The highest BCUT2D eigenvalue weighted by Crippen LogP contribution is 2.36. The second-order valence-electron chi connectivity index (χ2n) is 9.12. The molecule has 1 aromatic heterocycles. The first-order valence-corrected chi connectivity index (χ1v) is 14.2. The van der Waals surface area contributed by atoms with Gasteiger partial charge in [0.05, 0.1) is 23.8 Å². The van der Waals surface area contributed by atoms with Gasteiger partial charge < -0.3 is 19.5 Å². The summed E-state index contributed by atoms with van der Waals surface area (Å²) in [5, 5.41) is 18.7. The van der Waals surface area contributed by atoms with E-state index in [2.05, 4.69) is 15.1 Å². The molecule has 2 aromatic carbocycles. The Morgan fingerprint density at radius 3 is 2.62 bits per heavy atom. The Morgan fingerprint density at radius 2 is 2.00 bits per heavy atom. The minimum atomic E-state index is -4.17. The number of non-ortho nitro benzene ring substituents is 1. The summed E-state index contributed by atoms with van der Waals surface area (Å²) in [4.78, 5) is 23.4. The molecule has 4 rings (SSSR count). The maximum Gasteiger partial charge on any atom is 0.272 e. The Kier molecular flexibility index (Phi) is 9.02. The third-order valence-corrected chi connectivity index (χ3v) is 7.77. The molecule has 1 aliphatic heterocycles. The van der Waals surface area contributed by atoms with Gasteiger partial charge in [0, 0.05) is 37.4 Å². The topological polar surface area (TPSA) is 164 Å². The summed E-state index contributed by atoms with van der Waals surface area (Å²) in [5.41, 5.74) is 0.495. The number of amides is 1. The maximum atomic E-state index is 13.1. The molecule has 1 unspecified atom stereocenters. The second-order valence-corrected chi connectivity index (χ2v) is 10.9. The molecular formula is C26H31N5O8S. The lowest BCUT2D eigenvalue weighted by molar-refractivity contribution is -0.385. The van der Waals surface area contributed by atoms with E-state index >= 15 is 0 Å². The van der Waals surface area contributed by atoms with E-state index in [1.807, 2.05) is 0 Å². The average Bonchev–Trinajstić information content (AvgIpc) is 3.59. The van der Waals surface area contributed by atoms with Crippen LogP contribution < -0.4 is 19.5 Å². The molecule has 1 atom stereocenters. The number of nitro groups is 1. The van der Waals surface area contributed by atoms with E-state index in [-0.39, 0.29) is 30.0 Å². The van der Waals surface area contributed by atoms with Crippen molar-refractivity contribution in [3.05, 3.63) is 63.8 Å². The van der Waals surface area contributed by atoms with Crippen molar-refractivity contribution in [2.45, 2.75) is 44.1 Å². The summed E-state index contributed by atoms with van der Waals surface area (Å²) in [6.45, 7) is 4.50.